The van der Waals surface area contributed by atoms with Crippen molar-refractivity contribution in [3.8, 4) is 0 Å². The van der Waals surface area contributed by atoms with Crippen LogP contribution in [0.25, 0.3) is 5.57 Å². The van der Waals surface area contributed by atoms with Crippen molar-refractivity contribution in [2.45, 2.75) is 26.2 Å². The molecular formula is C25H29N5O. The second-order valence-corrected chi connectivity index (χ2v) is 8.13. The predicted octanol–water partition coefficient (Wildman–Crippen LogP) is 3.01. The molecule has 1 aliphatic heterocycles. The van der Waals surface area contributed by atoms with Crippen LogP contribution >= 0.6 is 0 Å². The molecule has 1 aromatic carbocycles. The average molecular weight is 416 g/mol. The van der Waals surface area contributed by atoms with Crippen LogP contribution in [0.4, 0.5) is 0 Å². The number of nitrogens with one attached hydrogen (secondary N) is 1. The molecule has 0 spiro atoms. The highest BCUT2D eigenvalue weighted by molar-refractivity contribution is 6.02. The van der Waals surface area contributed by atoms with Gasteiger partial charge in [-0.2, -0.15) is 0 Å². The summed E-state index contributed by atoms with van der Waals surface area (Å²) in [6.07, 6.45) is 6.51. The maximum Gasteiger partial charge on any atom is 0.219 e. The molecule has 2 aromatic rings. The van der Waals surface area contributed by atoms with Crippen LogP contribution in [-0.2, 0) is 17.6 Å². The van der Waals surface area contributed by atoms with Gasteiger partial charge in [0, 0.05) is 62.7 Å². The minimum Gasteiger partial charge on any atom is -0.384 e. The number of allylic oxidation sites excluding steroid dienone is 1. The van der Waals surface area contributed by atoms with Gasteiger partial charge in [-0.1, -0.05) is 30.3 Å². The number of carbonyl (C=O) groups excluding carboxylic acids is 1. The predicted molar refractivity (Wildman–Crippen MR) is 123 cm³/mol. The number of aryl methyl sites for hydroxylation is 2. The summed E-state index contributed by atoms with van der Waals surface area (Å²) in [6, 6.07) is 14.6. The summed E-state index contributed by atoms with van der Waals surface area (Å²) in [5.74, 6) is 0.211. The minimum atomic E-state index is 0.0948. The van der Waals surface area contributed by atoms with Crippen LogP contribution in [0, 0.1) is 5.41 Å². The van der Waals surface area contributed by atoms with Gasteiger partial charge in [-0.25, -0.2) is 0 Å². The first-order valence-corrected chi connectivity index (χ1v) is 10.8. The molecule has 2 heterocycles. The summed E-state index contributed by atoms with van der Waals surface area (Å²) < 4.78 is 0. The van der Waals surface area contributed by atoms with Crippen molar-refractivity contribution in [1.29, 1.82) is 5.41 Å². The fraction of sp³-hybridized carbons (Fsp3) is 0.320. The standard InChI is InChI=1S/C25H29N5O/c1-18(31)29-11-13-30(14-12-29)24-17-21(16-23(24)25(26)27)20-9-10-28-22(15-20)8-7-19-5-3-2-4-6-19/h2-6,9-10,15-16H,7-8,11-14,17H2,1H3,(H3,26,27). The van der Waals surface area contributed by atoms with E-state index in [1.165, 1.54) is 5.56 Å². The minimum absolute atomic E-state index is 0.0948. The van der Waals surface area contributed by atoms with Gasteiger partial charge in [0.05, 0.1) is 0 Å². The largest absolute Gasteiger partial charge is 0.384 e. The molecule has 4 rings (SSSR count). The Morgan fingerprint density at radius 3 is 2.52 bits per heavy atom. The van der Waals surface area contributed by atoms with Crippen molar-refractivity contribution < 1.29 is 4.79 Å². The van der Waals surface area contributed by atoms with E-state index in [1.807, 2.05) is 29.3 Å². The first-order valence-electron chi connectivity index (χ1n) is 10.8. The summed E-state index contributed by atoms with van der Waals surface area (Å²) in [5, 5.41) is 8.08. The number of amidine groups is 1. The Labute approximate surface area is 183 Å². The number of carbonyl (C=O) groups is 1. The normalized spacial score (nSPS) is 16.5. The Morgan fingerprint density at radius 2 is 1.84 bits per heavy atom. The van der Waals surface area contributed by atoms with E-state index in [0.29, 0.717) is 13.1 Å². The summed E-state index contributed by atoms with van der Waals surface area (Å²) in [6.45, 7) is 4.57. The second-order valence-electron chi connectivity index (χ2n) is 8.13. The van der Waals surface area contributed by atoms with Gasteiger partial charge in [-0.15, -0.1) is 0 Å². The molecule has 1 aromatic heterocycles. The average Bonchev–Trinajstić information content (AvgIpc) is 3.25. The molecule has 1 saturated heterocycles. The van der Waals surface area contributed by atoms with Gasteiger partial charge in [-0.05, 0) is 47.8 Å². The summed E-state index contributed by atoms with van der Waals surface area (Å²) in [7, 11) is 0. The van der Waals surface area contributed by atoms with Gasteiger partial charge in [-0.3, -0.25) is 15.2 Å². The van der Waals surface area contributed by atoms with Crippen LogP contribution in [0.15, 0.2) is 66.0 Å². The number of benzene rings is 1. The van der Waals surface area contributed by atoms with Crippen LogP contribution in [0.3, 0.4) is 0 Å². The van der Waals surface area contributed by atoms with E-state index in [4.69, 9.17) is 11.1 Å². The number of aromatic nitrogens is 1. The fourth-order valence-corrected chi connectivity index (χ4v) is 4.31. The summed E-state index contributed by atoms with van der Waals surface area (Å²) in [5.41, 5.74) is 12.5. The number of nitrogens with zero attached hydrogens (tertiary/aromatic N) is 3. The number of rotatable bonds is 6. The molecule has 6 heteroatoms. The van der Waals surface area contributed by atoms with E-state index >= 15 is 0 Å². The van der Waals surface area contributed by atoms with Crippen LogP contribution in [0.5, 0.6) is 0 Å². The van der Waals surface area contributed by atoms with Crippen molar-refractivity contribution in [3.05, 3.63) is 82.8 Å². The van der Waals surface area contributed by atoms with Gasteiger partial charge in [0.15, 0.2) is 0 Å². The number of hydrogen-bond acceptors (Lipinski definition) is 4. The molecule has 0 unspecified atom stereocenters. The third kappa shape index (κ3) is 4.85. The van der Waals surface area contributed by atoms with Crippen molar-refractivity contribution in [1.82, 2.24) is 14.8 Å². The van der Waals surface area contributed by atoms with Crippen molar-refractivity contribution in [3.63, 3.8) is 0 Å². The summed E-state index contributed by atoms with van der Waals surface area (Å²) >= 11 is 0. The molecule has 2 aliphatic rings. The van der Waals surface area contributed by atoms with E-state index < -0.39 is 0 Å². The van der Waals surface area contributed by atoms with Gasteiger partial charge >= 0.3 is 0 Å². The Balaban J connectivity index is 1.47. The smallest absolute Gasteiger partial charge is 0.219 e. The Hall–Kier alpha value is -3.41. The SMILES string of the molecule is CC(=O)N1CCN(C2=C(C(=N)N)C=C(c3ccnc(CCc4ccccc4)c3)C2)CC1. The number of hydrogen-bond donors (Lipinski definition) is 2. The molecule has 1 aliphatic carbocycles. The zero-order valence-corrected chi connectivity index (χ0v) is 18.0. The quantitative estimate of drug-likeness (QED) is 0.561. The molecule has 6 nitrogen and oxygen atoms in total. The monoisotopic (exact) mass is 415 g/mol. The van der Waals surface area contributed by atoms with Crippen LogP contribution in [0.1, 0.15) is 30.2 Å². The molecule has 160 valence electrons. The lowest BCUT2D eigenvalue weighted by molar-refractivity contribution is -0.130. The molecule has 1 amide bonds. The zero-order valence-electron chi connectivity index (χ0n) is 18.0. The van der Waals surface area contributed by atoms with Crippen LogP contribution in [-0.4, -0.2) is 52.7 Å². The lowest BCUT2D eigenvalue weighted by Gasteiger charge is -2.37. The first-order chi connectivity index (χ1) is 15.0. The highest BCUT2D eigenvalue weighted by atomic mass is 16.2. The second kappa shape index (κ2) is 9.16. The maximum atomic E-state index is 11.6. The van der Waals surface area contributed by atoms with Crippen molar-refractivity contribution >= 4 is 17.3 Å². The Bertz CT molecular complexity index is 1030. The van der Waals surface area contributed by atoms with E-state index in [-0.39, 0.29) is 11.7 Å². The lowest BCUT2D eigenvalue weighted by atomic mass is 10.0. The molecule has 0 saturated carbocycles. The molecule has 31 heavy (non-hydrogen) atoms. The topological polar surface area (TPSA) is 86.3 Å². The van der Waals surface area contributed by atoms with Gasteiger partial charge in [0.25, 0.3) is 0 Å². The molecule has 0 atom stereocenters. The Morgan fingerprint density at radius 1 is 1.10 bits per heavy atom. The number of piperazine rings is 1. The molecule has 1 fully saturated rings. The number of nitrogens with two attached hydrogens (primary N) is 1. The van der Waals surface area contributed by atoms with E-state index in [2.05, 4.69) is 40.2 Å². The number of pyridine rings is 1. The van der Waals surface area contributed by atoms with E-state index in [9.17, 15) is 4.79 Å². The van der Waals surface area contributed by atoms with Gasteiger partial charge in [0.2, 0.25) is 5.91 Å². The van der Waals surface area contributed by atoms with E-state index in [1.54, 1.807) is 6.92 Å². The molecule has 0 radical (unpaired) electrons. The maximum absolute atomic E-state index is 11.6. The highest BCUT2D eigenvalue weighted by Gasteiger charge is 2.27. The first kappa shape index (κ1) is 20.8. The Kier molecular flexibility index (Phi) is 6.16. The molecular weight excluding hydrogens is 386 g/mol. The molecule has 0 bridgehead atoms. The van der Waals surface area contributed by atoms with Crippen molar-refractivity contribution in [2.24, 2.45) is 5.73 Å². The summed E-state index contributed by atoms with van der Waals surface area (Å²) in [4.78, 5) is 20.3. The van der Waals surface area contributed by atoms with Crippen LogP contribution < -0.4 is 5.73 Å². The molecule has 3 N–H and O–H groups in total. The van der Waals surface area contributed by atoms with E-state index in [0.717, 1.165) is 60.5 Å². The fourth-order valence-electron chi connectivity index (χ4n) is 4.31. The third-order valence-corrected chi connectivity index (χ3v) is 6.08. The van der Waals surface area contributed by atoms with Crippen LogP contribution in [0.2, 0.25) is 0 Å². The zero-order chi connectivity index (χ0) is 21.8. The van der Waals surface area contributed by atoms with Gasteiger partial charge in [0.1, 0.15) is 5.84 Å². The third-order valence-electron chi connectivity index (χ3n) is 6.08. The van der Waals surface area contributed by atoms with Crippen molar-refractivity contribution in [2.75, 3.05) is 26.2 Å². The lowest BCUT2D eigenvalue weighted by Crippen LogP contribution is -2.47. The van der Waals surface area contributed by atoms with Gasteiger partial charge < -0.3 is 15.5 Å². The number of amides is 1. The highest BCUT2D eigenvalue weighted by Crippen LogP contribution is 2.35.